The topological polar surface area (TPSA) is 207 Å². The zero-order valence-electron chi connectivity index (χ0n) is 35.9. The molecule has 0 aromatic rings. The minimum atomic E-state index is -1.16. The fraction of sp³-hybridized carbons (Fsp3) is 0.886. The highest BCUT2D eigenvalue weighted by atomic mass is 16.5. The SMILES string of the molecule is CCC[C@H]1C(=O)N[C@@H](C2CCCCCC2)C(=O)N[C@@H](CN)C(=O)N[C@@H](CO[C@H]2CC3(C[C@H](CN)C3)C2)C(=O)N[C@H](C)CO[C@H](CC2CC3(CCC3)C2)[C@@H](C)C(=O)N1C. The van der Waals surface area contributed by atoms with E-state index in [1.165, 1.54) is 19.3 Å². The van der Waals surface area contributed by atoms with Gasteiger partial charge in [0.1, 0.15) is 24.2 Å². The van der Waals surface area contributed by atoms with Crippen LogP contribution >= 0.6 is 0 Å². The molecule has 0 unspecified atom stereocenters. The maximum atomic E-state index is 14.4. The molecule has 328 valence electrons. The average Bonchev–Trinajstić information content (AvgIpc) is 3.43. The predicted molar refractivity (Wildman–Crippen MR) is 221 cm³/mol. The van der Waals surface area contributed by atoms with Crippen LogP contribution < -0.4 is 32.7 Å². The molecule has 5 saturated carbocycles. The molecule has 0 aromatic heterocycles. The number of carbonyl (C=O) groups excluding carboxylic acids is 5. The van der Waals surface area contributed by atoms with Crippen LogP contribution in [-0.2, 0) is 33.4 Å². The Morgan fingerprint density at radius 1 is 0.741 bits per heavy atom. The van der Waals surface area contributed by atoms with Gasteiger partial charge in [-0.15, -0.1) is 0 Å². The smallest absolute Gasteiger partial charge is 0.245 e. The lowest BCUT2D eigenvalue weighted by Crippen LogP contribution is -2.62. The van der Waals surface area contributed by atoms with E-state index in [2.05, 4.69) is 21.3 Å². The second-order valence-corrected chi connectivity index (χ2v) is 19.7. The zero-order chi connectivity index (χ0) is 41.6. The van der Waals surface area contributed by atoms with Gasteiger partial charge in [-0.2, -0.15) is 0 Å². The van der Waals surface area contributed by atoms with Crippen molar-refractivity contribution in [2.45, 2.75) is 179 Å². The van der Waals surface area contributed by atoms with E-state index in [1.807, 2.05) is 20.8 Å². The number of carbonyl (C=O) groups is 5. The fourth-order valence-corrected chi connectivity index (χ4v) is 11.4. The van der Waals surface area contributed by atoms with E-state index in [0.29, 0.717) is 36.6 Å². The Kier molecular flexibility index (Phi) is 15.2. The molecular formula is C44H75N7O7. The van der Waals surface area contributed by atoms with Crippen LogP contribution in [0.1, 0.15) is 136 Å². The number of hydrogen-bond donors (Lipinski definition) is 6. The number of nitrogens with two attached hydrogens (primary N) is 2. The molecule has 6 aliphatic rings. The van der Waals surface area contributed by atoms with Gasteiger partial charge < -0.3 is 47.1 Å². The van der Waals surface area contributed by atoms with E-state index in [1.54, 1.807) is 11.9 Å². The van der Waals surface area contributed by atoms with Crippen LogP contribution in [0.2, 0.25) is 0 Å². The standard InChI is InChI=1S/C44H75N7O7/c1-5-11-35-40(54)50-37(31-12-8-6-7-9-13-31)41(55)48-33(24-46)38(52)49-34(26-57-32-21-44(22-32)19-30(20-44)23-45)39(53)47-27(2)25-58-36(28(3)42(56)51(35)4)16-29-17-43(18-29)14-10-15-43/h27-37H,5-26,45-46H2,1-4H3,(H,47,53)(H,48,55)(H,49,52)(H,50,54)/t27-,28-,30-,32-,33+,34+,35+,36-,37+,44?/m1/s1. The normalized spacial score (nSPS) is 37.4. The van der Waals surface area contributed by atoms with Gasteiger partial charge in [-0.25, -0.2) is 0 Å². The second kappa shape index (κ2) is 19.7. The molecule has 1 saturated heterocycles. The summed E-state index contributed by atoms with van der Waals surface area (Å²) in [6.45, 7) is 6.31. The molecule has 5 amide bonds. The summed E-state index contributed by atoms with van der Waals surface area (Å²) in [6, 6.07) is -4.38. The summed E-state index contributed by atoms with van der Waals surface area (Å²) in [4.78, 5) is 72.4. The van der Waals surface area contributed by atoms with Crippen molar-refractivity contribution in [2.75, 3.05) is 33.4 Å². The summed E-state index contributed by atoms with van der Waals surface area (Å²) >= 11 is 0. The van der Waals surface area contributed by atoms with Gasteiger partial charge in [-0.1, -0.05) is 52.4 Å². The molecule has 0 bridgehead atoms. The van der Waals surface area contributed by atoms with Crippen molar-refractivity contribution < 1.29 is 33.4 Å². The minimum Gasteiger partial charge on any atom is -0.375 e. The average molecular weight is 814 g/mol. The Labute approximate surface area is 346 Å². The van der Waals surface area contributed by atoms with Crippen LogP contribution in [0.3, 0.4) is 0 Å². The number of hydrogen-bond acceptors (Lipinski definition) is 9. The van der Waals surface area contributed by atoms with Crippen LogP contribution in [0.15, 0.2) is 0 Å². The number of likely N-dealkylation sites (N-methyl/N-ethyl adjacent to an activating group) is 1. The molecule has 7 atom stereocenters. The summed E-state index contributed by atoms with van der Waals surface area (Å²) in [6.07, 6.45) is 16.9. The Morgan fingerprint density at radius 2 is 1.38 bits per heavy atom. The number of nitrogens with one attached hydrogen (secondary N) is 4. The van der Waals surface area contributed by atoms with E-state index in [-0.39, 0.29) is 49.0 Å². The number of rotatable bonds is 10. The van der Waals surface area contributed by atoms with E-state index in [4.69, 9.17) is 20.9 Å². The first-order valence-electron chi connectivity index (χ1n) is 22.9. The van der Waals surface area contributed by atoms with Crippen LogP contribution in [0.25, 0.3) is 0 Å². The lowest BCUT2D eigenvalue weighted by molar-refractivity contribution is -0.149. The van der Waals surface area contributed by atoms with Gasteiger partial charge in [0.15, 0.2) is 0 Å². The number of nitrogens with zero attached hydrogens (tertiary/aromatic N) is 1. The van der Waals surface area contributed by atoms with Crippen molar-refractivity contribution in [1.82, 2.24) is 26.2 Å². The molecule has 14 nitrogen and oxygen atoms in total. The monoisotopic (exact) mass is 814 g/mol. The fourth-order valence-electron chi connectivity index (χ4n) is 11.4. The first-order valence-corrected chi connectivity index (χ1v) is 22.9. The van der Waals surface area contributed by atoms with Gasteiger partial charge in [0.05, 0.1) is 31.3 Å². The third-order valence-electron chi connectivity index (χ3n) is 15.0. The van der Waals surface area contributed by atoms with Gasteiger partial charge >= 0.3 is 0 Å². The molecular weight excluding hydrogens is 739 g/mol. The third kappa shape index (κ3) is 10.5. The molecule has 6 rings (SSSR count). The van der Waals surface area contributed by atoms with E-state index >= 15 is 0 Å². The zero-order valence-corrected chi connectivity index (χ0v) is 35.9. The molecule has 1 aliphatic heterocycles. The van der Waals surface area contributed by atoms with Crippen LogP contribution in [-0.4, -0.2) is 110 Å². The molecule has 0 aromatic carbocycles. The molecule has 58 heavy (non-hydrogen) atoms. The predicted octanol–water partition coefficient (Wildman–Crippen LogP) is 3.04. The summed E-state index contributed by atoms with van der Waals surface area (Å²) in [5.74, 6) is -1.79. The molecule has 0 radical (unpaired) electrons. The first kappa shape index (κ1) is 44.7. The Balaban J connectivity index is 1.24. The highest BCUT2D eigenvalue weighted by Crippen LogP contribution is 2.60. The van der Waals surface area contributed by atoms with Gasteiger partial charge in [0.25, 0.3) is 0 Å². The van der Waals surface area contributed by atoms with E-state index in [9.17, 15) is 24.0 Å². The summed E-state index contributed by atoms with van der Waals surface area (Å²) in [5, 5.41) is 11.8. The quantitative estimate of drug-likeness (QED) is 0.179. The van der Waals surface area contributed by atoms with Crippen molar-refractivity contribution in [1.29, 1.82) is 0 Å². The maximum absolute atomic E-state index is 14.4. The Morgan fingerprint density at radius 3 is 1.98 bits per heavy atom. The van der Waals surface area contributed by atoms with E-state index in [0.717, 1.165) is 83.5 Å². The molecule has 8 N–H and O–H groups in total. The molecule has 14 heteroatoms. The summed E-state index contributed by atoms with van der Waals surface area (Å²) in [7, 11) is 1.68. The third-order valence-corrected chi connectivity index (χ3v) is 15.0. The van der Waals surface area contributed by atoms with Gasteiger partial charge in [-0.3, -0.25) is 24.0 Å². The van der Waals surface area contributed by atoms with E-state index < -0.39 is 60.0 Å². The number of amides is 5. The molecule has 2 spiro atoms. The summed E-state index contributed by atoms with van der Waals surface area (Å²) < 4.78 is 12.8. The minimum absolute atomic E-state index is 0.0184. The first-order chi connectivity index (χ1) is 27.8. The van der Waals surface area contributed by atoms with Crippen LogP contribution in [0.5, 0.6) is 0 Å². The van der Waals surface area contributed by atoms with Crippen LogP contribution in [0, 0.1) is 34.5 Å². The Bertz CT molecular complexity index is 1430. The Hall–Kier alpha value is -2.81. The molecule has 6 fully saturated rings. The maximum Gasteiger partial charge on any atom is 0.245 e. The van der Waals surface area contributed by atoms with Crippen molar-refractivity contribution in [3.8, 4) is 0 Å². The van der Waals surface area contributed by atoms with Crippen molar-refractivity contribution in [3.63, 3.8) is 0 Å². The van der Waals surface area contributed by atoms with Crippen molar-refractivity contribution in [3.05, 3.63) is 0 Å². The molecule has 1 heterocycles. The van der Waals surface area contributed by atoms with Gasteiger partial charge in [0, 0.05) is 19.6 Å². The summed E-state index contributed by atoms with van der Waals surface area (Å²) in [5.41, 5.74) is 12.7. The largest absolute Gasteiger partial charge is 0.375 e. The van der Waals surface area contributed by atoms with Gasteiger partial charge in [0.2, 0.25) is 29.5 Å². The molecule has 5 aliphatic carbocycles. The second-order valence-electron chi connectivity index (χ2n) is 19.7. The lowest BCUT2D eigenvalue weighted by atomic mass is 9.51. The highest BCUT2D eigenvalue weighted by molar-refractivity contribution is 5.96. The van der Waals surface area contributed by atoms with Crippen molar-refractivity contribution >= 4 is 29.5 Å². The van der Waals surface area contributed by atoms with Gasteiger partial charge in [-0.05, 0) is 119 Å². The van der Waals surface area contributed by atoms with Crippen molar-refractivity contribution in [2.24, 2.45) is 46.0 Å². The lowest BCUT2D eigenvalue weighted by Gasteiger charge is -2.57. The number of ether oxygens (including phenoxy) is 2. The highest BCUT2D eigenvalue weighted by Gasteiger charge is 2.53. The van der Waals surface area contributed by atoms with Crippen LogP contribution in [0.4, 0.5) is 0 Å².